The lowest BCUT2D eigenvalue weighted by molar-refractivity contribution is 0.0185. The molecule has 112 valence electrons. The molecule has 8 heteroatoms. The number of aliphatic hydroxyl groups excluding tert-OH is 1. The summed E-state index contributed by atoms with van der Waals surface area (Å²) in [5.74, 6) is 0. The second-order valence-corrected chi connectivity index (χ2v) is 11.0. The lowest BCUT2D eigenvalue weighted by atomic mass is 9.94. The van der Waals surface area contributed by atoms with Gasteiger partial charge < -0.3 is 19.3 Å². The van der Waals surface area contributed by atoms with Gasteiger partial charge in [0.2, 0.25) is 0 Å². The first-order chi connectivity index (χ1) is 8.65. The first-order valence-electron chi connectivity index (χ1n) is 6.61. The Morgan fingerprint density at radius 3 is 2.42 bits per heavy atom. The highest BCUT2D eigenvalue weighted by Crippen LogP contribution is 2.52. The Labute approximate surface area is 126 Å². The summed E-state index contributed by atoms with van der Waals surface area (Å²) in [5.41, 5.74) is -0.109. The smallest absolute Gasteiger partial charge is 0.189 e. The molecule has 4 nitrogen and oxygen atoms in total. The van der Waals surface area contributed by atoms with Gasteiger partial charge in [0, 0.05) is 10.8 Å². The fourth-order valence-electron chi connectivity index (χ4n) is 1.77. The highest BCUT2D eigenvalue weighted by atomic mass is 32.5. The maximum atomic E-state index is 10.2. The molecule has 5 atom stereocenters. The molecule has 0 aliphatic carbocycles. The number of thioether (sulfide) groups is 1. The van der Waals surface area contributed by atoms with E-state index in [1.54, 1.807) is 11.8 Å². The van der Waals surface area contributed by atoms with Crippen LogP contribution in [-0.2, 0) is 21.1 Å². The Hall–Kier alpha value is 0.905. The third-order valence-electron chi connectivity index (χ3n) is 3.09. The van der Waals surface area contributed by atoms with Crippen LogP contribution in [0.1, 0.15) is 27.7 Å². The molecule has 0 saturated carbocycles. The Morgan fingerprint density at radius 2 is 1.95 bits per heavy atom. The molecule has 1 aliphatic heterocycles. The molecule has 0 spiro atoms. The molecule has 0 aromatic carbocycles. The minimum absolute atomic E-state index is 0.0145. The minimum Gasteiger partial charge on any atom is -0.390 e. The third-order valence-corrected chi connectivity index (χ3v) is 7.93. The van der Waals surface area contributed by atoms with Crippen LogP contribution < -0.4 is 0 Å². The van der Waals surface area contributed by atoms with Crippen molar-refractivity contribution in [3.8, 4) is 0 Å². The fraction of sp³-hybridized carbons (Fsp3) is 1.00. The molecule has 0 radical (unpaired) electrons. The van der Waals surface area contributed by atoms with E-state index in [0.717, 1.165) is 0 Å². The maximum Gasteiger partial charge on any atom is 0.189 e. The first kappa shape index (κ1) is 18.0. The van der Waals surface area contributed by atoms with E-state index in [1.807, 2.05) is 35.5 Å². The van der Waals surface area contributed by atoms with Crippen molar-refractivity contribution in [3.05, 3.63) is 0 Å². The Kier molecular flexibility index (Phi) is 6.86. The van der Waals surface area contributed by atoms with E-state index in [9.17, 15) is 10.00 Å². The highest BCUT2D eigenvalue weighted by molar-refractivity contribution is 8.09. The van der Waals surface area contributed by atoms with Crippen molar-refractivity contribution in [3.63, 3.8) is 0 Å². The SMILES string of the molecule is B[C@@H]1S[C@H](COC(C)C)C(OP(O)(=S)C(C)C)[C@H]1O. The van der Waals surface area contributed by atoms with Crippen LogP contribution in [0.2, 0.25) is 0 Å². The molecule has 19 heavy (non-hydrogen) atoms. The summed E-state index contributed by atoms with van der Waals surface area (Å²) in [6, 6.07) is 0. The molecule has 2 unspecified atom stereocenters. The van der Waals surface area contributed by atoms with E-state index in [4.69, 9.17) is 21.1 Å². The summed E-state index contributed by atoms with van der Waals surface area (Å²) in [7, 11) is 1.96. The Balaban J connectivity index is 2.72. The van der Waals surface area contributed by atoms with Gasteiger partial charge in [-0.2, -0.15) is 11.8 Å². The van der Waals surface area contributed by atoms with Gasteiger partial charge in [0.05, 0.1) is 24.1 Å². The van der Waals surface area contributed by atoms with Gasteiger partial charge in [-0.1, -0.05) is 13.8 Å². The van der Waals surface area contributed by atoms with Gasteiger partial charge in [0.1, 0.15) is 14.0 Å². The number of hydrogen-bond acceptors (Lipinski definition) is 5. The van der Waals surface area contributed by atoms with E-state index in [0.29, 0.717) is 6.61 Å². The zero-order chi connectivity index (χ0) is 14.8. The van der Waals surface area contributed by atoms with Gasteiger partial charge in [0.25, 0.3) is 0 Å². The van der Waals surface area contributed by atoms with Crippen molar-refractivity contribution >= 4 is 37.9 Å². The number of hydrogen-bond donors (Lipinski definition) is 2. The molecular weight excluding hydrogens is 302 g/mol. The lowest BCUT2D eigenvalue weighted by Gasteiger charge is -2.29. The zero-order valence-corrected chi connectivity index (χ0v) is 14.7. The normalized spacial score (nSPS) is 34.9. The van der Waals surface area contributed by atoms with Gasteiger partial charge >= 0.3 is 0 Å². The summed E-state index contributed by atoms with van der Waals surface area (Å²) in [6.07, 6.45) is -0.924. The van der Waals surface area contributed by atoms with Crippen LogP contribution >= 0.6 is 18.3 Å². The first-order valence-corrected chi connectivity index (χ1v) is 10.3. The molecule has 1 fully saturated rings. The van der Waals surface area contributed by atoms with Crippen LogP contribution in [0.5, 0.6) is 0 Å². The van der Waals surface area contributed by atoms with E-state index in [1.165, 1.54) is 0 Å². The predicted molar refractivity (Wildman–Crippen MR) is 87.3 cm³/mol. The van der Waals surface area contributed by atoms with E-state index < -0.39 is 18.7 Å². The molecule has 1 aliphatic rings. The van der Waals surface area contributed by atoms with Crippen molar-refractivity contribution in [1.82, 2.24) is 0 Å². The van der Waals surface area contributed by atoms with Gasteiger partial charge in [-0.15, -0.1) is 0 Å². The quantitative estimate of drug-likeness (QED) is 0.560. The van der Waals surface area contributed by atoms with Crippen LogP contribution in [0.4, 0.5) is 0 Å². The van der Waals surface area contributed by atoms with Gasteiger partial charge in [-0.25, -0.2) is 0 Å². The van der Waals surface area contributed by atoms with Crippen LogP contribution in [0.3, 0.4) is 0 Å². The van der Waals surface area contributed by atoms with Gasteiger partial charge in [-0.3, -0.25) is 0 Å². The van der Waals surface area contributed by atoms with Crippen molar-refractivity contribution in [2.75, 3.05) is 6.61 Å². The monoisotopic (exact) mass is 326 g/mol. The second kappa shape index (κ2) is 7.25. The molecule has 0 amide bonds. The predicted octanol–water partition coefficient (Wildman–Crippen LogP) is 0.942. The van der Waals surface area contributed by atoms with Crippen molar-refractivity contribution in [2.24, 2.45) is 0 Å². The fourth-order valence-corrected chi connectivity index (χ4v) is 4.41. The molecule has 2 N–H and O–H groups in total. The molecule has 1 heterocycles. The van der Waals surface area contributed by atoms with Crippen LogP contribution in [0.15, 0.2) is 0 Å². The summed E-state index contributed by atoms with van der Waals surface area (Å²) in [6.45, 7) is 5.28. The molecule has 1 rings (SSSR count). The summed E-state index contributed by atoms with van der Waals surface area (Å²) in [5, 5.41) is 10.3. The number of aliphatic hydroxyl groups is 1. The average molecular weight is 326 g/mol. The molecule has 0 bridgehead atoms. The van der Waals surface area contributed by atoms with Crippen molar-refractivity contribution in [2.45, 2.75) is 62.1 Å². The molecule has 0 aromatic heterocycles. The Bertz CT molecular complexity index is 343. The largest absolute Gasteiger partial charge is 0.390 e. The van der Waals surface area contributed by atoms with E-state index in [-0.39, 0.29) is 22.2 Å². The molecule has 1 saturated heterocycles. The van der Waals surface area contributed by atoms with Crippen LogP contribution in [-0.4, -0.2) is 58.8 Å². The molecular formula is C11H24BO4PS2. The third kappa shape index (κ3) is 4.99. The van der Waals surface area contributed by atoms with Gasteiger partial charge in [0.15, 0.2) is 6.49 Å². The standard InChI is InChI=1S/C11H24BO4PS2/c1-6(2)15-5-8-10(9(13)11(12)19-8)16-17(14,18)7(3)4/h6-11,13H,5,12H2,1-4H3,(H,14,18)/t8-,9-,10?,11-,17?/m1/s1. The summed E-state index contributed by atoms with van der Waals surface area (Å²) in [4.78, 5) is 10.2. The second-order valence-electron chi connectivity index (χ2n) is 5.48. The number of ether oxygens (including phenoxy) is 1. The topological polar surface area (TPSA) is 58.9 Å². The van der Waals surface area contributed by atoms with E-state index >= 15 is 0 Å². The minimum atomic E-state index is -2.86. The van der Waals surface area contributed by atoms with Crippen molar-refractivity contribution in [1.29, 1.82) is 0 Å². The summed E-state index contributed by atoms with van der Waals surface area (Å²) >= 11 is 6.80. The maximum absolute atomic E-state index is 10.2. The lowest BCUT2D eigenvalue weighted by Crippen LogP contribution is -2.37. The van der Waals surface area contributed by atoms with Gasteiger partial charge in [-0.05, 0) is 25.7 Å². The summed E-state index contributed by atoms with van der Waals surface area (Å²) < 4.78 is 11.3. The highest BCUT2D eigenvalue weighted by Gasteiger charge is 2.44. The zero-order valence-electron chi connectivity index (χ0n) is 12.1. The average Bonchev–Trinajstić information content (AvgIpc) is 2.53. The number of rotatable bonds is 6. The van der Waals surface area contributed by atoms with E-state index in [2.05, 4.69) is 0 Å². The van der Waals surface area contributed by atoms with Crippen molar-refractivity contribution < 1.29 is 19.3 Å². The molecule has 0 aromatic rings. The van der Waals surface area contributed by atoms with Crippen LogP contribution in [0, 0.1) is 0 Å². The van der Waals surface area contributed by atoms with Crippen LogP contribution in [0.25, 0.3) is 0 Å². The Morgan fingerprint density at radius 1 is 1.37 bits per heavy atom.